The molecule has 1 N–H and O–H groups in total. The van der Waals surface area contributed by atoms with Crippen molar-refractivity contribution in [3.8, 4) is 5.06 Å². The lowest BCUT2D eigenvalue weighted by atomic mass is 10.4. The first-order valence-corrected chi connectivity index (χ1v) is 4.01. The maximum atomic E-state index is 10.3. The molecular formula is C7H8O3S. The van der Waals surface area contributed by atoms with Gasteiger partial charge in [0.25, 0.3) is 0 Å². The molecule has 0 aliphatic carbocycles. The van der Waals surface area contributed by atoms with E-state index in [0.29, 0.717) is 5.06 Å². The number of thiophene rings is 1. The third-order valence-corrected chi connectivity index (χ3v) is 1.89. The normalized spacial score (nSPS) is 12.5. The number of hydrogen-bond acceptors (Lipinski definition) is 3. The lowest BCUT2D eigenvalue weighted by Crippen LogP contribution is -2.22. The van der Waals surface area contributed by atoms with Gasteiger partial charge in [0.2, 0.25) is 0 Å². The Labute approximate surface area is 68.2 Å². The van der Waals surface area contributed by atoms with Crippen molar-refractivity contribution < 1.29 is 14.6 Å². The summed E-state index contributed by atoms with van der Waals surface area (Å²) in [7, 11) is 0. The van der Waals surface area contributed by atoms with Crippen LogP contribution in [0.25, 0.3) is 0 Å². The number of carboxylic acid groups (broad SMARTS) is 1. The summed E-state index contributed by atoms with van der Waals surface area (Å²) >= 11 is 1.38. The average molecular weight is 172 g/mol. The number of rotatable bonds is 3. The van der Waals surface area contributed by atoms with Gasteiger partial charge in [0.15, 0.2) is 11.2 Å². The SMILES string of the molecule is CC(Oc1cccs1)C(=O)O. The molecule has 0 fully saturated rings. The van der Waals surface area contributed by atoms with Gasteiger partial charge in [-0.1, -0.05) is 0 Å². The summed E-state index contributed by atoms with van der Waals surface area (Å²) in [6.45, 7) is 1.50. The first kappa shape index (κ1) is 8.07. The van der Waals surface area contributed by atoms with Gasteiger partial charge in [0.05, 0.1) is 0 Å². The number of carboxylic acids is 1. The Hall–Kier alpha value is -1.03. The van der Waals surface area contributed by atoms with E-state index in [-0.39, 0.29) is 0 Å². The molecule has 1 unspecified atom stereocenters. The Balaban J connectivity index is 2.50. The van der Waals surface area contributed by atoms with E-state index in [1.165, 1.54) is 18.3 Å². The molecule has 1 aromatic rings. The highest BCUT2D eigenvalue weighted by Gasteiger charge is 2.11. The van der Waals surface area contributed by atoms with Gasteiger partial charge in [-0.15, -0.1) is 11.3 Å². The predicted octanol–water partition coefficient (Wildman–Crippen LogP) is 1.60. The van der Waals surface area contributed by atoms with Gasteiger partial charge >= 0.3 is 5.97 Å². The topological polar surface area (TPSA) is 46.5 Å². The Morgan fingerprint density at radius 3 is 3.00 bits per heavy atom. The van der Waals surface area contributed by atoms with E-state index in [4.69, 9.17) is 9.84 Å². The van der Waals surface area contributed by atoms with E-state index in [0.717, 1.165) is 0 Å². The van der Waals surface area contributed by atoms with Crippen LogP contribution in [-0.2, 0) is 4.79 Å². The molecule has 1 aromatic heterocycles. The molecule has 0 bridgehead atoms. The van der Waals surface area contributed by atoms with E-state index in [1.54, 1.807) is 6.07 Å². The zero-order chi connectivity index (χ0) is 8.27. The second-order valence-electron chi connectivity index (χ2n) is 2.03. The molecule has 1 heterocycles. The van der Waals surface area contributed by atoms with Gasteiger partial charge in [0.1, 0.15) is 0 Å². The van der Waals surface area contributed by atoms with Crippen LogP contribution in [0.4, 0.5) is 0 Å². The van der Waals surface area contributed by atoms with E-state index in [9.17, 15) is 4.79 Å². The minimum absolute atomic E-state index is 0.639. The molecule has 60 valence electrons. The second-order valence-corrected chi connectivity index (χ2v) is 2.94. The van der Waals surface area contributed by atoms with Crippen molar-refractivity contribution in [3.05, 3.63) is 17.5 Å². The largest absolute Gasteiger partial charge is 0.479 e. The molecule has 0 aromatic carbocycles. The van der Waals surface area contributed by atoms with Crippen LogP contribution in [0.2, 0.25) is 0 Å². The Kier molecular flexibility index (Phi) is 2.48. The van der Waals surface area contributed by atoms with Gasteiger partial charge in [0, 0.05) is 0 Å². The quantitative estimate of drug-likeness (QED) is 0.753. The van der Waals surface area contributed by atoms with Crippen LogP contribution in [0.15, 0.2) is 17.5 Å². The summed E-state index contributed by atoms with van der Waals surface area (Å²) in [5.41, 5.74) is 0. The zero-order valence-corrected chi connectivity index (χ0v) is 6.80. The summed E-state index contributed by atoms with van der Waals surface area (Å²) in [6, 6.07) is 3.55. The molecular weight excluding hydrogens is 164 g/mol. The fourth-order valence-corrected chi connectivity index (χ4v) is 1.20. The predicted molar refractivity (Wildman–Crippen MR) is 42.0 cm³/mol. The highest BCUT2D eigenvalue weighted by atomic mass is 32.1. The van der Waals surface area contributed by atoms with Crippen molar-refractivity contribution in [3.63, 3.8) is 0 Å². The van der Waals surface area contributed by atoms with Gasteiger partial charge in [-0.2, -0.15) is 0 Å². The van der Waals surface area contributed by atoms with Crippen LogP contribution in [0, 0.1) is 0 Å². The Morgan fingerprint density at radius 1 is 1.82 bits per heavy atom. The van der Waals surface area contributed by atoms with Crippen molar-refractivity contribution in [1.82, 2.24) is 0 Å². The van der Waals surface area contributed by atoms with Crippen LogP contribution < -0.4 is 4.74 Å². The lowest BCUT2D eigenvalue weighted by Gasteiger charge is -2.06. The molecule has 1 atom stereocenters. The highest BCUT2D eigenvalue weighted by Crippen LogP contribution is 2.19. The van der Waals surface area contributed by atoms with Crippen molar-refractivity contribution in [2.45, 2.75) is 13.0 Å². The zero-order valence-electron chi connectivity index (χ0n) is 5.98. The van der Waals surface area contributed by atoms with E-state index < -0.39 is 12.1 Å². The summed E-state index contributed by atoms with van der Waals surface area (Å²) < 4.78 is 5.03. The summed E-state index contributed by atoms with van der Waals surface area (Å²) in [5, 5.41) is 10.9. The maximum Gasteiger partial charge on any atom is 0.344 e. The van der Waals surface area contributed by atoms with Crippen molar-refractivity contribution in [2.75, 3.05) is 0 Å². The molecule has 0 amide bonds. The third kappa shape index (κ3) is 2.23. The van der Waals surface area contributed by atoms with Gasteiger partial charge in [-0.3, -0.25) is 0 Å². The Bertz CT molecular complexity index is 230. The number of carbonyl (C=O) groups is 1. The van der Waals surface area contributed by atoms with Gasteiger partial charge in [-0.05, 0) is 24.4 Å². The fraction of sp³-hybridized carbons (Fsp3) is 0.286. The van der Waals surface area contributed by atoms with Gasteiger partial charge in [-0.25, -0.2) is 4.79 Å². The number of hydrogen-bond donors (Lipinski definition) is 1. The van der Waals surface area contributed by atoms with Crippen LogP contribution >= 0.6 is 11.3 Å². The average Bonchev–Trinajstić information content (AvgIpc) is 2.39. The Morgan fingerprint density at radius 2 is 2.55 bits per heavy atom. The van der Waals surface area contributed by atoms with Crippen LogP contribution in [0.3, 0.4) is 0 Å². The molecule has 3 nitrogen and oxygen atoms in total. The first-order chi connectivity index (χ1) is 5.20. The van der Waals surface area contributed by atoms with E-state index >= 15 is 0 Å². The second kappa shape index (κ2) is 3.39. The molecule has 4 heteroatoms. The molecule has 11 heavy (non-hydrogen) atoms. The smallest absolute Gasteiger partial charge is 0.344 e. The molecule has 0 saturated heterocycles. The number of aliphatic carboxylic acids is 1. The molecule has 0 aliphatic heterocycles. The summed E-state index contributed by atoms with van der Waals surface area (Å²) in [6.07, 6.45) is -0.770. The highest BCUT2D eigenvalue weighted by molar-refractivity contribution is 7.11. The third-order valence-electron chi connectivity index (χ3n) is 1.14. The van der Waals surface area contributed by atoms with Crippen LogP contribution in [-0.4, -0.2) is 17.2 Å². The molecule has 0 spiro atoms. The molecule has 0 radical (unpaired) electrons. The summed E-state index contributed by atoms with van der Waals surface area (Å²) in [5.74, 6) is -0.946. The molecule has 0 saturated carbocycles. The lowest BCUT2D eigenvalue weighted by molar-refractivity contribution is -0.144. The van der Waals surface area contributed by atoms with Crippen molar-refractivity contribution >= 4 is 17.3 Å². The standard InChI is InChI=1S/C7H8O3S/c1-5(7(8)9)10-6-3-2-4-11-6/h2-5H,1H3,(H,8,9). The van der Waals surface area contributed by atoms with Crippen LogP contribution in [0.1, 0.15) is 6.92 Å². The minimum atomic E-state index is -0.946. The molecule has 0 aliphatic rings. The molecule has 1 rings (SSSR count). The minimum Gasteiger partial charge on any atom is -0.479 e. The van der Waals surface area contributed by atoms with Gasteiger partial charge < -0.3 is 9.84 Å². The fourth-order valence-electron chi connectivity index (χ4n) is 0.555. The van der Waals surface area contributed by atoms with Crippen molar-refractivity contribution in [1.29, 1.82) is 0 Å². The maximum absolute atomic E-state index is 10.3. The first-order valence-electron chi connectivity index (χ1n) is 3.13. The van der Waals surface area contributed by atoms with E-state index in [1.807, 2.05) is 11.4 Å². The van der Waals surface area contributed by atoms with E-state index in [2.05, 4.69) is 0 Å². The number of ether oxygens (including phenoxy) is 1. The van der Waals surface area contributed by atoms with Crippen molar-refractivity contribution in [2.24, 2.45) is 0 Å². The monoisotopic (exact) mass is 172 g/mol. The summed E-state index contributed by atoms with van der Waals surface area (Å²) in [4.78, 5) is 10.3. The van der Waals surface area contributed by atoms with Crippen LogP contribution in [0.5, 0.6) is 5.06 Å².